The van der Waals surface area contributed by atoms with Crippen LogP contribution in [0.1, 0.15) is 16.5 Å². The molecule has 186 valence electrons. The number of carbonyl (C=O) groups excluding carboxylic acids is 1. The molecule has 1 amide bonds. The summed E-state index contributed by atoms with van der Waals surface area (Å²) < 4.78 is 7.21. The monoisotopic (exact) mass is 515 g/mol. The van der Waals surface area contributed by atoms with Crippen molar-refractivity contribution in [2.75, 3.05) is 12.0 Å². The number of nitrogens with zero attached hydrogens (tertiary/aromatic N) is 3. The molecule has 0 spiro atoms. The second-order valence-electron chi connectivity index (χ2n) is 8.84. The third-order valence-electron chi connectivity index (χ3n) is 6.44. The molecule has 1 unspecified atom stereocenters. The van der Waals surface area contributed by atoms with Crippen LogP contribution in [0.4, 0.5) is 5.69 Å². The van der Waals surface area contributed by atoms with Gasteiger partial charge in [0.05, 0.1) is 23.4 Å². The Bertz CT molecular complexity index is 1580. The van der Waals surface area contributed by atoms with Crippen molar-refractivity contribution in [1.82, 2.24) is 9.78 Å². The fourth-order valence-electron chi connectivity index (χ4n) is 4.54. The summed E-state index contributed by atoms with van der Waals surface area (Å²) in [4.78, 5) is 16.4. The lowest BCUT2D eigenvalue weighted by molar-refractivity contribution is -0.114. The van der Waals surface area contributed by atoms with Crippen molar-refractivity contribution in [2.24, 2.45) is 0 Å². The van der Waals surface area contributed by atoms with E-state index in [0.717, 1.165) is 39.5 Å². The van der Waals surface area contributed by atoms with E-state index in [2.05, 4.69) is 12.1 Å². The van der Waals surface area contributed by atoms with Crippen LogP contribution in [-0.2, 0) is 4.79 Å². The van der Waals surface area contributed by atoms with Gasteiger partial charge in [-0.15, -0.1) is 0 Å². The molecule has 1 saturated heterocycles. The minimum atomic E-state index is -0.161. The predicted molar refractivity (Wildman–Crippen MR) is 154 cm³/mol. The highest BCUT2D eigenvalue weighted by atomic mass is 32.2. The molecule has 0 saturated carbocycles. The van der Waals surface area contributed by atoms with Crippen LogP contribution < -0.4 is 9.64 Å². The summed E-state index contributed by atoms with van der Waals surface area (Å²) in [5, 5.41) is 4.76. The molecule has 0 radical (unpaired) electrons. The Hall–Kier alpha value is -4.55. The molecule has 1 aliphatic heterocycles. The van der Waals surface area contributed by atoms with Crippen molar-refractivity contribution in [3.63, 3.8) is 0 Å². The molecular formula is C32H25N3O2S. The second kappa shape index (κ2) is 10.4. The standard InChI is InChI=1S/C32H25N3O2S/c1-37-28-19-17-23(18-20-28)30-25(22-34(33-30)26-13-7-3-8-14-26)21-29-31(36)35(27-15-9-4-10-16-27)32(38-29)24-11-5-2-6-12-24/h2-22,32H,1H3. The average Bonchev–Trinajstić information content (AvgIpc) is 3.56. The lowest BCUT2D eigenvalue weighted by Gasteiger charge is -2.23. The van der Waals surface area contributed by atoms with E-state index < -0.39 is 0 Å². The molecule has 4 aromatic carbocycles. The van der Waals surface area contributed by atoms with Crippen LogP contribution >= 0.6 is 11.8 Å². The molecule has 0 bridgehead atoms. The van der Waals surface area contributed by atoms with Crippen molar-refractivity contribution < 1.29 is 9.53 Å². The Morgan fingerprint density at radius 1 is 0.789 bits per heavy atom. The van der Waals surface area contributed by atoms with E-state index in [4.69, 9.17) is 9.84 Å². The van der Waals surface area contributed by atoms with Crippen LogP contribution in [0.2, 0.25) is 0 Å². The SMILES string of the molecule is COc1ccc(-c2nn(-c3ccccc3)cc2C=C2SC(c3ccccc3)N(c3ccccc3)C2=O)cc1. The zero-order valence-corrected chi connectivity index (χ0v) is 21.6. The minimum absolute atomic E-state index is 0.0248. The number of benzene rings is 4. The summed E-state index contributed by atoms with van der Waals surface area (Å²) in [5.74, 6) is 0.755. The van der Waals surface area contributed by atoms with Crippen molar-refractivity contribution in [1.29, 1.82) is 0 Å². The summed E-state index contributed by atoms with van der Waals surface area (Å²) in [6, 6.07) is 37.8. The molecule has 1 atom stereocenters. The first-order chi connectivity index (χ1) is 18.7. The number of anilines is 1. The molecule has 5 nitrogen and oxygen atoms in total. The van der Waals surface area contributed by atoms with E-state index >= 15 is 0 Å². The highest BCUT2D eigenvalue weighted by molar-refractivity contribution is 8.05. The molecule has 0 aliphatic carbocycles. The summed E-state index contributed by atoms with van der Waals surface area (Å²) >= 11 is 1.57. The third-order valence-corrected chi connectivity index (χ3v) is 7.69. The van der Waals surface area contributed by atoms with Gasteiger partial charge < -0.3 is 4.74 Å². The number of methoxy groups -OCH3 is 1. The van der Waals surface area contributed by atoms with Crippen LogP contribution in [-0.4, -0.2) is 22.8 Å². The minimum Gasteiger partial charge on any atom is -0.497 e. The Morgan fingerprint density at radius 3 is 2.03 bits per heavy atom. The molecule has 5 aromatic rings. The van der Waals surface area contributed by atoms with Crippen molar-refractivity contribution in [3.8, 4) is 22.7 Å². The smallest absolute Gasteiger partial charge is 0.266 e. The number of ether oxygens (including phenoxy) is 1. The van der Waals surface area contributed by atoms with Crippen LogP contribution in [0, 0.1) is 0 Å². The fourth-order valence-corrected chi connectivity index (χ4v) is 5.79. The fraction of sp³-hybridized carbons (Fsp3) is 0.0625. The van der Waals surface area contributed by atoms with Crippen LogP contribution in [0.3, 0.4) is 0 Å². The number of aromatic nitrogens is 2. The first kappa shape index (κ1) is 23.8. The Labute approximate surface area is 226 Å². The molecule has 2 heterocycles. The highest BCUT2D eigenvalue weighted by Crippen LogP contribution is 2.48. The van der Waals surface area contributed by atoms with Gasteiger partial charge in [0.25, 0.3) is 5.91 Å². The maximum atomic E-state index is 13.9. The largest absolute Gasteiger partial charge is 0.497 e. The number of hydrogen-bond donors (Lipinski definition) is 0. The van der Waals surface area contributed by atoms with Gasteiger partial charge in [0.15, 0.2) is 0 Å². The van der Waals surface area contributed by atoms with E-state index in [1.807, 2.05) is 125 Å². The molecule has 6 heteroatoms. The van der Waals surface area contributed by atoms with Gasteiger partial charge in [-0.2, -0.15) is 5.10 Å². The van der Waals surface area contributed by atoms with Gasteiger partial charge in [-0.1, -0.05) is 78.5 Å². The molecule has 1 aliphatic rings. The van der Waals surface area contributed by atoms with E-state index in [9.17, 15) is 4.79 Å². The van der Waals surface area contributed by atoms with Gasteiger partial charge in [-0.25, -0.2) is 4.68 Å². The topological polar surface area (TPSA) is 47.4 Å². The molecule has 1 fully saturated rings. The van der Waals surface area contributed by atoms with Gasteiger partial charge in [0, 0.05) is 23.0 Å². The molecule has 38 heavy (non-hydrogen) atoms. The lowest BCUT2D eigenvalue weighted by Crippen LogP contribution is -2.27. The van der Waals surface area contributed by atoms with Crippen LogP contribution in [0.25, 0.3) is 23.0 Å². The third kappa shape index (κ3) is 4.62. The van der Waals surface area contributed by atoms with Crippen molar-refractivity contribution in [2.45, 2.75) is 5.37 Å². The number of para-hydroxylation sites is 2. The maximum absolute atomic E-state index is 13.9. The van der Waals surface area contributed by atoms with E-state index in [1.165, 1.54) is 0 Å². The van der Waals surface area contributed by atoms with Crippen molar-refractivity contribution >= 4 is 29.4 Å². The maximum Gasteiger partial charge on any atom is 0.266 e. The number of amides is 1. The van der Waals surface area contributed by atoms with Gasteiger partial charge in [-0.05, 0) is 60.2 Å². The van der Waals surface area contributed by atoms with Gasteiger partial charge in [0.1, 0.15) is 11.1 Å². The second-order valence-corrected chi connectivity index (χ2v) is 9.96. The number of thioether (sulfide) groups is 1. The first-order valence-corrected chi connectivity index (χ1v) is 13.2. The van der Waals surface area contributed by atoms with Crippen LogP contribution in [0.15, 0.2) is 126 Å². The number of hydrogen-bond acceptors (Lipinski definition) is 4. The zero-order valence-electron chi connectivity index (χ0n) is 20.8. The number of rotatable bonds is 6. The Kier molecular flexibility index (Phi) is 6.54. The zero-order chi connectivity index (χ0) is 25.9. The normalized spacial score (nSPS) is 16.2. The molecule has 6 rings (SSSR count). The summed E-state index contributed by atoms with van der Waals surface area (Å²) in [5.41, 5.74) is 5.52. The van der Waals surface area contributed by atoms with E-state index in [-0.39, 0.29) is 11.3 Å². The van der Waals surface area contributed by atoms with E-state index in [1.54, 1.807) is 18.9 Å². The average molecular weight is 516 g/mol. The Morgan fingerprint density at radius 2 is 1.39 bits per heavy atom. The Balaban J connectivity index is 1.46. The summed E-state index contributed by atoms with van der Waals surface area (Å²) in [6.45, 7) is 0. The summed E-state index contributed by atoms with van der Waals surface area (Å²) in [7, 11) is 1.65. The molecule has 0 N–H and O–H groups in total. The summed E-state index contributed by atoms with van der Waals surface area (Å²) in [6.07, 6.45) is 3.95. The van der Waals surface area contributed by atoms with Crippen LogP contribution in [0.5, 0.6) is 5.75 Å². The quantitative estimate of drug-likeness (QED) is 0.222. The highest BCUT2D eigenvalue weighted by Gasteiger charge is 2.38. The molecular weight excluding hydrogens is 490 g/mol. The first-order valence-electron chi connectivity index (χ1n) is 12.3. The van der Waals surface area contributed by atoms with Gasteiger partial charge in [-0.3, -0.25) is 9.69 Å². The van der Waals surface area contributed by atoms with E-state index in [0.29, 0.717) is 4.91 Å². The molecule has 1 aromatic heterocycles. The van der Waals surface area contributed by atoms with Crippen molar-refractivity contribution in [3.05, 3.63) is 137 Å². The predicted octanol–water partition coefficient (Wildman–Crippen LogP) is 7.37. The number of carbonyl (C=O) groups is 1. The van der Waals surface area contributed by atoms with Gasteiger partial charge >= 0.3 is 0 Å². The lowest BCUT2D eigenvalue weighted by atomic mass is 10.1. The van der Waals surface area contributed by atoms with Gasteiger partial charge in [0.2, 0.25) is 0 Å².